The van der Waals surface area contributed by atoms with Gasteiger partial charge in [0.05, 0.1) is 34.6 Å². The number of methoxy groups -OCH3 is 1. The van der Waals surface area contributed by atoms with Crippen LogP contribution in [-0.2, 0) is 0 Å². The molecular formula is C21H19N3O2S. The third-order valence-electron chi connectivity index (χ3n) is 5.24. The molecular weight excluding hydrogens is 358 g/mol. The number of ether oxygens (including phenoxy) is 2. The molecule has 5 nitrogen and oxygen atoms in total. The third kappa shape index (κ3) is 2.47. The van der Waals surface area contributed by atoms with Gasteiger partial charge in [-0.15, -0.1) is 11.3 Å². The maximum Gasteiger partial charge on any atom is 0.232 e. The summed E-state index contributed by atoms with van der Waals surface area (Å²) >= 11 is 1.70. The van der Waals surface area contributed by atoms with Crippen LogP contribution >= 0.6 is 11.3 Å². The van der Waals surface area contributed by atoms with Crippen molar-refractivity contribution in [2.45, 2.75) is 32.8 Å². The van der Waals surface area contributed by atoms with Crippen LogP contribution in [0.3, 0.4) is 0 Å². The zero-order valence-electron chi connectivity index (χ0n) is 15.6. The van der Waals surface area contributed by atoms with Crippen LogP contribution in [-0.4, -0.2) is 28.2 Å². The number of benzene rings is 2. The number of nitrogens with zero attached hydrogens (tertiary/aromatic N) is 3. The van der Waals surface area contributed by atoms with Crippen LogP contribution in [0.1, 0.15) is 30.9 Å². The van der Waals surface area contributed by atoms with E-state index in [-0.39, 0.29) is 6.10 Å². The van der Waals surface area contributed by atoms with Crippen LogP contribution in [0.5, 0.6) is 11.6 Å². The summed E-state index contributed by atoms with van der Waals surface area (Å²) in [6.45, 7) is 6.40. The lowest BCUT2D eigenvalue weighted by Crippen LogP contribution is -2.10. The number of hydrogen-bond acceptors (Lipinski definition) is 6. The van der Waals surface area contributed by atoms with E-state index in [9.17, 15) is 0 Å². The average Bonchev–Trinajstić information content (AvgIpc) is 3.21. The van der Waals surface area contributed by atoms with E-state index in [1.807, 2.05) is 18.2 Å². The van der Waals surface area contributed by atoms with Crippen molar-refractivity contribution >= 4 is 32.6 Å². The van der Waals surface area contributed by atoms with E-state index in [1.165, 1.54) is 10.3 Å². The van der Waals surface area contributed by atoms with Crippen molar-refractivity contribution in [1.29, 1.82) is 0 Å². The van der Waals surface area contributed by atoms with Gasteiger partial charge in [0.15, 0.2) is 0 Å². The summed E-state index contributed by atoms with van der Waals surface area (Å²) in [7, 11) is 1.60. The van der Waals surface area contributed by atoms with Crippen LogP contribution in [0.4, 0.5) is 0 Å². The second-order valence-electron chi connectivity index (χ2n) is 7.05. The number of aromatic nitrogens is 3. The van der Waals surface area contributed by atoms with Gasteiger partial charge in [0.1, 0.15) is 16.9 Å². The standard InChI is InChI=1S/C21H19N3O2S/c1-10-7-13(19-15(8-10)23-17(25-4)9-22-19)21-24-14-5-6-16-18(20(14)27-21)11(2)12(3)26-16/h5-9,11-12H,1-4H3. The van der Waals surface area contributed by atoms with Gasteiger partial charge >= 0.3 is 0 Å². The lowest BCUT2D eigenvalue weighted by molar-refractivity contribution is 0.232. The first-order valence-corrected chi connectivity index (χ1v) is 9.78. The highest BCUT2D eigenvalue weighted by molar-refractivity contribution is 7.22. The molecule has 5 rings (SSSR count). The fraction of sp³-hybridized carbons (Fsp3) is 0.286. The molecule has 3 heterocycles. The highest BCUT2D eigenvalue weighted by atomic mass is 32.1. The minimum atomic E-state index is 0.189. The molecule has 4 aromatic rings. The summed E-state index contributed by atoms with van der Waals surface area (Å²) in [5.41, 5.74) is 6.07. The minimum Gasteiger partial charge on any atom is -0.490 e. The molecule has 0 fully saturated rings. The Balaban J connectivity index is 1.75. The Kier molecular flexibility index (Phi) is 3.59. The predicted octanol–water partition coefficient (Wildman–Crippen LogP) is 5.11. The third-order valence-corrected chi connectivity index (χ3v) is 6.37. The Morgan fingerprint density at radius 2 is 1.96 bits per heavy atom. The molecule has 2 aromatic heterocycles. The van der Waals surface area contributed by atoms with Crippen LogP contribution in [0, 0.1) is 6.92 Å². The summed E-state index contributed by atoms with van der Waals surface area (Å²) in [5, 5.41) is 0.957. The number of hydrogen-bond donors (Lipinski definition) is 0. The van der Waals surface area contributed by atoms with Gasteiger partial charge in [-0.2, -0.15) is 0 Å². The van der Waals surface area contributed by atoms with E-state index in [1.54, 1.807) is 24.6 Å². The molecule has 0 amide bonds. The molecule has 0 saturated heterocycles. The number of fused-ring (bicyclic) bond motifs is 4. The van der Waals surface area contributed by atoms with Gasteiger partial charge in [0.2, 0.25) is 5.88 Å². The molecule has 0 saturated carbocycles. The van der Waals surface area contributed by atoms with E-state index in [0.717, 1.165) is 38.4 Å². The van der Waals surface area contributed by atoms with Crippen molar-refractivity contribution in [2.75, 3.05) is 7.11 Å². The van der Waals surface area contributed by atoms with Gasteiger partial charge in [0.25, 0.3) is 0 Å². The molecule has 0 N–H and O–H groups in total. The van der Waals surface area contributed by atoms with Gasteiger partial charge in [-0.3, -0.25) is 0 Å². The first kappa shape index (κ1) is 16.4. The Hall–Kier alpha value is -2.73. The lowest BCUT2D eigenvalue weighted by atomic mass is 9.98. The van der Waals surface area contributed by atoms with Crippen LogP contribution in [0.15, 0.2) is 30.5 Å². The first-order valence-electron chi connectivity index (χ1n) is 8.97. The van der Waals surface area contributed by atoms with Crippen LogP contribution in [0.25, 0.3) is 31.8 Å². The molecule has 1 aliphatic heterocycles. The van der Waals surface area contributed by atoms with E-state index >= 15 is 0 Å². The van der Waals surface area contributed by atoms with Crippen molar-refractivity contribution in [1.82, 2.24) is 15.0 Å². The van der Waals surface area contributed by atoms with E-state index < -0.39 is 0 Å². The molecule has 0 bridgehead atoms. The van der Waals surface area contributed by atoms with E-state index in [4.69, 9.17) is 14.5 Å². The van der Waals surface area contributed by atoms with Gasteiger partial charge in [-0.05, 0) is 43.7 Å². The maximum absolute atomic E-state index is 6.00. The van der Waals surface area contributed by atoms with Crippen LogP contribution in [0.2, 0.25) is 0 Å². The van der Waals surface area contributed by atoms with Gasteiger partial charge in [0, 0.05) is 17.0 Å². The summed E-state index contributed by atoms with van der Waals surface area (Å²) in [5.74, 6) is 1.85. The Morgan fingerprint density at radius 3 is 2.78 bits per heavy atom. The Morgan fingerprint density at radius 1 is 1.11 bits per heavy atom. The SMILES string of the molecule is COc1cnc2c(-c3nc4ccc5c(c4s3)C(C)C(C)O5)cc(C)cc2n1. The minimum absolute atomic E-state index is 0.189. The summed E-state index contributed by atoms with van der Waals surface area (Å²) in [6.07, 6.45) is 1.85. The molecule has 2 atom stereocenters. The van der Waals surface area contributed by atoms with Crippen molar-refractivity contribution in [3.63, 3.8) is 0 Å². The molecule has 27 heavy (non-hydrogen) atoms. The van der Waals surface area contributed by atoms with Crippen molar-refractivity contribution in [2.24, 2.45) is 0 Å². The van der Waals surface area contributed by atoms with Gasteiger partial charge in [-0.1, -0.05) is 6.92 Å². The zero-order chi connectivity index (χ0) is 18.7. The molecule has 2 aromatic carbocycles. The van der Waals surface area contributed by atoms with Crippen molar-refractivity contribution < 1.29 is 9.47 Å². The smallest absolute Gasteiger partial charge is 0.232 e. The molecule has 6 heteroatoms. The molecule has 1 aliphatic rings. The molecule has 0 spiro atoms. The van der Waals surface area contributed by atoms with E-state index in [0.29, 0.717) is 11.8 Å². The highest BCUT2D eigenvalue weighted by Gasteiger charge is 2.30. The normalized spacial score (nSPS) is 18.7. The lowest BCUT2D eigenvalue weighted by Gasteiger charge is -2.07. The second-order valence-corrected chi connectivity index (χ2v) is 8.05. The topological polar surface area (TPSA) is 57.1 Å². The fourth-order valence-corrected chi connectivity index (χ4v) is 4.91. The Labute approximate surface area is 161 Å². The second kappa shape index (κ2) is 5.89. The molecule has 0 radical (unpaired) electrons. The highest BCUT2D eigenvalue weighted by Crippen LogP contribution is 2.46. The number of thiazole rings is 1. The maximum atomic E-state index is 6.00. The van der Waals surface area contributed by atoms with Gasteiger partial charge in [-0.25, -0.2) is 15.0 Å². The average molecular weight is 377 g/mol. The molecule has 136 valence electrons. The monoisotopic (exact) mass is 377 g/mol. The van der Waals surface area contributed by atoms with Crippen LogP contribution < -0.4 is 9.47 Å². The summed E-state index contributed by atoms with van der Waals surface area (Å²) < 4.78 is 12.4. The summed E-state index contributed by atoms with van der Waals surface area (Å²) in [6, 6.07) is 8.24. The fourth-order valence-electron chi connectivity index (χ4n) is 3.69. The zero-order valence-corrected chi connectivity index (χ0v) is 16.4. The number of rotatable bonds is 2. The van der Waals surface area contributed by atoms with Gasteiger partial charge < -0.3 is 9.47 Å². The van der Waals surface area contributed by atoms with Crippen molar-refractivity contribution in [3.8, 4) is 22.2 Å². The first-order chi connectivity index (χ1) is 13.0. The quantitative estimate of drug-likeness (QED) is 0.486. The molecule has 0 aliphatic carbocycles. The summed E-state index contributed by atoms with van der Waals surface area (Å²) in [4.78, 5) is 14.1. The largest absolute Gasteiger partial charge is 0.490 e. The Bertz CT molecular complexity index is 1200. The predicted molar refractivity (Wildman–Crippen MR) is 108 cm³/mol. The number of aryl methyl sites for hydroxylation is 1. The molecule has 2 unspecified atom stereocenters. The van der Waals surface area contributed by atoms with Crippen molar-refractivity contribution in [3.05, 3.63) is 41.6 Å². The van der Waals surface area contributed by atoms with E-state index in [2.05, 4.69) is 36.8 Å².